The number of benzene rings is 2. The number of nitrogens with one attached hydrogen (secondary N) is 1. The van der Waals surface area contributed by atoms with E-state index >= 15 is 0 Å². The van der Waals surface area contributed by atoms with E-state index in [1.165, 1.54) is 24.0 Å². The van der Waals surface area contributed by atoms with Crippen LogP contribution in [-0.4, -0.2) is 33.0 Å². The number of thioether (sulfide) groups is 1. The average molecular weight is 498 g/mol. The predicted octanol–water partition coefficient (Wildman–Crippen LogP) is 5.75. The Morgan fingerprint density at radius 1 is 1.08 bits per heavy atom. The van der Waals surface area contributed by atoms with Gasteiger partial charge in [-0.05, 0) is 61.2 Å². The van der Waals surface area contributed by atoms with Crippen LogP contribution in [-0.2, 0) is 17.9 Å². The zero-order valence-electron chi connectivity index (χ0n) is 20.5. The molecule has 5 rings (SSSR count). The van der Waals surface area contributed by atoms with Crippen LogP contribution in [0.15, 0.2) is 77.8 Å². The molecule has 5 nitrogen and oxygen atoms in total. The van der Waals surface area contributed by atoms with E-state index < -0.39 is 0 Å². The Kier molecular flexibility index (Phi) is 7.52. The number of aromatic nitrogens is 1. The van der Waals surface area contributed by atoms with Crippen LogP contribution in [0.3, 0.4) is 0 Å². The third-order valence-electron chi connectivity index (χ3n) is 6.88. The Morgan fingerprint density at radius 3 is 2.69 bits per heavy atom. The van der Waals surface area contributed by atoms with Gasteiger partial charge in [0.15, 0.2) is 0 Å². The summed E-state index contributed by atoms with van der Waals surface area (Å²) in [5.41, 5.74) is 4.73. The van der Waals surface area contributed by atoms with E-state index in [2.05, 4.69) is 46.4 Å². The molecule has 0 bridgehead atoms. The van der Waals surface area contributed by atoms with E-state index in [1.54, 1.807) is 18.0 Å². The van der Waals surface area contributed by atoms with Crippen molar-refractivity contribution in [2.24, 2.45) is 0 Å². The van der Waals surface area contributed by atoms with Crippen molar-refractivity contribution in [2.45, 2.75) is 57.0 Å². The summed E-state index contributed by atoms with van der Waals surface area (Å²) in [4.78, 5) is 33.3. The number of hydrogen-bond acceptors (Lipinski definition) is 4. The van der Waals surface area contributed by atoms with Gasteiger partial charge in [0.1, 0.15) is 0 Å². The van der Waals surface area contributed by atoms with Gasteiger partial charge in [0.25, 0.3) is 11.8 Å². The number of carbonyl (C=O) groups is 2. The van der Waals surface area contributed by atoms with E-state index in [0.717, 1.165) is 29.0 Å². The third kappa shape index (κ3) is 5.71. The lowest BCUT2D eigenvalue weighted by Gasteiger charge is -2.44. The van der Waals surface area contributed by atoms with Crippen molar-refractivity contribution in [3.05, 3.63) is 106 Å². The van der Waals surface area contributed by atoms with Gasteiger partial charge in [0.2, 0.25) is 0 Å². The molecule has 1 aliphatic heterocycles. The van der Waals surface area contributed by atoms with Crippen molar-refractivity contribution < 1.29 is 9.59 Å². The SMILES string of the molecule is Cc1cccc(CN2C(=O)/C(=C\c3ccc(C(=O)NCc4ccccn4)cc3)SC3CCCCC32)c1. The minimum absolute atomic E-state index is 0.113. The Bertz CT molecular complexity index is 1260. The molecule has 3 aromatic rings. The summed E-state index contributed by atoms with van der Waals surface area (Å²) in [7, 11) is 0. The van der Waals surface area contributed by atoms with Crippen molar-refractivity contribution in [1.29, 1.82) is 0 Å². The lowest BCUT2D eigenvalue weighted by molar-refractivity contribution is -0.130. The highest BCUT2D eigenvalue weighted by Gasteiger charge is 2.40. The van der Waals surface area contributed by atoms with Gasteiger partial charge in [-0.25, -0.2) is 0 Å². The molecule has 184 valence electrons. The molecular formula is C30H31N3O2S. The second-order valence-corrected chi connectivity index (χ2v) is 10.8. The maximum atomic E-state index is 13.6. The molecule has 1 N–H and O–H groups in total. The number of aryl methyl sites for hydroxylation is 1. The van der Waals surface area contributed by atoms with Crippen molar-refractivity contribution in [3.63, 3.8) is 0 Å². The highest BCUT2D eigenvalue weighted by molar-refractivity contribution is 8.04. The Morgan fingerprint density at radius 2 is 1.92 bits per heavy atom. The van der Waals surface area contributed by atoms with Crippen LogP contribution in [0, 0.1) is 6.92 Å². The number of nitrogens with zero attached hydrogens (tertiary/aromatic N) is 2. The summed E-state index contributed by atoms with van der Waals surface area (Å²) >= 11 is 1.74. The number of pyridine rings is 1. The minimum atomic E-state index is -0.141. The van der Waals surface area contributed by atoms with Gasteiger partial charge < -0.3 is 10.2 Å². The Hall–Kier alpha value is -3.38. The number of carbonyl (C=O) groups excluding carboxylic acids is 2. The smallest absolute Gasteiger partial charge is 0.260 e. The zero-order valence-corrected chi connectivity index (χ0v) is 21.3. The third-order valence-corrected chi connectivity index (χ3v) is 8.28. The molecule has 2 aliphatic rings. The van der Waals surface area contributed by atoms with Crippen molar-refractivity contribution in [1.82, 2.24) is 15.2 Å². The van der Waals surface area contributed by atoms with Gasteiger partial charge >= 0.3 is 0 Å². The van der Waals surface area contributed by atoms with E-state index in [1.807, 2.05) is 48.5 Å². The van der Waals surface area contributed by atoms with Gasteiger partial charge in [-0.15, -0.1) is 11.8 Å². The first kappa shape index (κ1) is 24.3. The van der Waals surface area contributed by atoms with Crippen LogP contribution in [0.4, 0.5) is 0 Å². The molecule has 2 aromatic carbocycles. The summed E-state index contributed by atoms with van der Waals surface area (Å²) in [5, 5.41) is 3.34. The maximum absolute atomic E-state index is 13.6. The number of amides is 2. The van der Waals surface area contributed by atoms with Crippen LogP contribution in [0.2, 0.25) is 0 Å². The molecule has 1 saturated carbocycles. The molecular weight excluding hydrogens is 466 g/mol. The molecule has 1 aromatic heterocycles. The zero-order chi connectivity index (χ0) is 24.9. The lowest BCUT2D eigenvalue weighted by atomic mass is 9.92. The molecule has 2 atom stereocenters. The van der Waals surface area contributed by atoms with Gasteiger partial charge in [-0.3, -0.25) is 14.6 Å². The van der Waals surface area contributed by atoms with Gasteiger partial charge in [-0.1, -0.05) is 60.9 Å². The van der Waals surface area contributed by atoms with Gasteiger partial charge in [-0.2, -0.15) is 0 Å². The molecule has 2 fully saturated rings. The molecule has 2 amide bonds. The van der Waals surface area contributed by atoms with Crippen LogP contribution in [0.25, 0.3) is 6.08 Å². The minimum Gasteiger partial charge on any atom is -0.346 e. The number of rotatable bonds is 6. The summed E-state index contributed by atoms with van der Waals surface area (Å²) < 4.78 is 0. The van der Waals surface area contributed by atoms with E-state index in [9.17, 15) is 9.59 Å². The van der Waals surface area contributed by atoms with Gasteiger partial charge in [0.05, 0.1) is 17.1 Å². The van der Waals surface area contributed by atoms with Gasteiger partial charge in [0, 0.05) is 29.6 Å². The second-order valence-electron chi connectivity index (χ2n) is 9.56. The highest BCUT2D eigenvalue weighted by atomic mass is 32.2. The molecule has 2 heterocycles. The van der Waals surface area contributed by atoms with Crippen molar-refractivity contribution in [3.8, 4) is 0 Å². The largest absolute Gasteiger partial charge is 0.346 e. The average Bonchev–Trinajstić information content (AvgIpc) is 2.91. The maximum Gasteiger partial charge on any atom is 0.260 e. The molecule has 0 spiro atoms. The van der Waals surface area contributed by atoms with Crippen LogP contribution >= 0.6 is 11.8 Å². The fourth-order valence-electron chi connectivity index (χ4n) is 5.03. The van der Waals surface area contributed by atoms with E-state index in [-0.39, 0.29) is 11.8 Å². The summed E-state index contributed by atoms with van der Waals surface area (Å²) in [6.07, 6.45) is 8.31. The Labute approximate surface area is 217 Å². The van der Waals surface area contributed by atoms with Crippen LogP contribution in [0.1, 0.15) is 58.4 Å². The lowest BCUT2D eigenvalue weighted by Crippen LogP contribution is -2.50. The van der Waals surface area contributed by atoms with Crippen LogP contribution in [0.5, 0.6) is 0 Å². The first-order valence-corrected chi connectivity index (χ1v) is 13.5. The molecule has 0 radical (unpaired) electrons. The van der Waals surface area contributed by atoms with E-state index in [0.29, 0.717) is 29.9 Å². The molecule has 1 saturated heterocycles. The standard InChI is InChI=1S/C30H31N3O2S/c1-21-7-6-8-23(17-21)20-33-26-10-2-3-11-27(26)36-28(30(33)35)18-22-12-14-24(15-13-22)29(34)32-19-25-9-4-5-16-31-25/h4-9,12-18,26-27H,2-3,10-11,19-20H2,1H3,(H,32,34)/b28-18+. The summed E-state index contributed by atoms with van der Waals surface area (Å²) in [6.45, 7) is 3.12. The highest BCUT2D eigenvalue weighted by Crippen LogP contribution is 2.42. The molecule has 6 heteroatoms. The van der Waals surface area contributed by atoms with Crippen LogP contribution < -0.4 is 5.32 Å². The van der Waals surface area contributed by atoms with Crippen molar-refractivity contribution >= 4 is 29.7 Å². The number of hydrogen-bond donors (Lipinski definition) is 1. The van der Waals surface area contributed by atoms with Crippen molar-refractivity contribution in [2.75, 3.05) is 0 Å². The first-order chi connectivity index (χ1) is 17.6. The second kappa shape index (κ2) is 11.1. The summed E-state index contributed by atoms with van der Waals surface area (Å²) in [6, 6.07) is 21.8. The summed E-state index contributed by atoms with van der Waals surface area (Å²) in [5.74, 6) is -0.0285. The molecule has 1 aliphatic carbocycles. The fraction of sp³-hybridized carbons (Fsp3) is 0.300. The Balaban J connectivity index is 1.31. The number of fused-ring (bicyclic) bond motifs is 1. The molecule has 2 unspecified atom stereocenters. The molecule has 36 heavy (non-hydrogen) atoms. The van der Waals surface area contributed by atoms with E-state index in [4.69, 9.17) is 0 Å². The normalized spacial score (nSPS) is 20.8. The monoisotopic (exact) mass is 497 g/mol. The first-order valence-electron chi connectivity index (χ1n) is 12.6. The fourth-order valence-corrected chi connectivity index (χ4v) is 6.50. The predicted molar refractivity (Wildman–Crippen MR) is 145 cm³/mol. The quantitative estimate of drug-likeness (QED) is 0.441. The topological polar surface area (TPSA) is 62.3 Å².